The van der Waals surface area contributed by atoms with Gasteiger partial charge in [-0.3, -0.25) is 9.36 Å². The number of aliphatic hydroxyl groups excluding tert-OH is 1. The van der Waals surface area contributed by atoms with Gasteiger partial charge >= 0.3 is 12.6 Å². The minimum absolute atomic E-state index is 0.107. The fourth-order valence-electron chi connectivity index (χ4n) is 4.08. The zero-order chi connectivity index (χ0) is 29.2. The summed E-state index contributed by atoms with van der Waals surface area (Å²) in [4.78, 5) is 24.8. The number of halogens is 1. The van der Waals surface area contributed by atoms with Gasteiger partial charge in [0.2, 0.25) is 11.8 Å². The minimum atomic E-state index is -3.46. The summed E-state index contributed by atoms with van der Waals surface area (Å²) in [5.41, 5.74) is 3.88. The van der Waals surface area contributed by atoms with Crippen molar-refractivity contribution in [1.82, 2.24) is 24.6 Å². The van der Waals surface area contributed by atoms with Gasteiger partial charge in [0.05, 0.1) is 26.1 Å². The average molecular weight is 599 g/mol. The van der Waals surface area contributed by atoms with E-state index in [1.807, 2.05) is 0 Å². The summed E-state index contributed by atoms with van der Waals surface area (Å²) in [6.07, 6.45) is -3.22. The Morgan fingerprint density at radius 3 is 2.67 bits per heavy atom. The molecule has 0 spiro atoms. The number of anilines is 1. The van der Waals surface area contributed by atoms with Crippen LogP contribution >= 0.6 is 6.64 Å². The van der Waals surface area contributed by atoms with Crippen LogP contribution in [0.15, 0.2) is 36.7 Å². The van der Waals surface area contributed by atoms with E-state index < -0.39 is 42.8 Å². The molecular weight excluding hydrogens is 566 g/mol. The average Bonchev–Trinajstić information content (AvgIpc) is 3.40. The Morgan fingerprint density at radius 1 is 1.32 bits per heavy atom. The molecule has 0 saturated carbocycles. The Morgan fingerprint density at radius 2 is 2.02 bits per heavy atom. The number of carbonyl (C=O) groups excluding carboxylic acids is 1. The standard InChI is InChI=1S/C24H32FN6O7PS/c1-13(2)36-21(33)14(3)30-39(40,38-15-9-7-6-8-10-15)35-11-16-18(32)24(4,25)22(37-16)31-12-27-17-19(31)28-23(26)29-20(17)34-5/h6-10,12-14,16,18,22,32H,11H2,1-5H3,(H,30,40)(H2,26,28,29)/t14-,16-,18-,22-,24-,39?/m1/s1. The van der Waals surface area contributed by atoms with Crippen molar-refractivity contribution in [3.63, 3.8) is 0 Å². The first kappa shape index (κ1) is 30.0. The van der Waals surface area contributed by atoms with E-state index in [0.717, 1.165) is 0 Å². The number of para-hydroxylation sites is 1. The predicted molar refractivity (Wildman–Crippen MR) is 147 cm³/mol. The SMILES string of the molecule is COc1nc(N)nc2c1ncn2[C@@H]1O[C@H](COP(=S)(N[C@H](C)C(=O)OC(C)C)Oc2ccccc2)[C@@H](O)[C@@]1(C)F. The number of hydrogen-bond acceptors (Lipinski definition) is 12. The van der Waals surface area contributed by atoms with Crippen molar-refractivity contribution in [2.75, 3.05) is 19.5 Å². The Hall–Kier alpha value is -2.94. The van der Waals surface area contributed by atoms with Crippen LogP contribution in [0, 0.1) is 0 Å². The molecule has 4 N–H and O–H groups in total. The van der Waals surface area contributed by atoms with Gasteiger partial charge in [-0.15, -0.1) is 0 Å². The number of esters is 1. The number of benzene rings is 1. The lowest BCUT2D eigenvalue weighted by Crippen LogP contribution is -2.41. The summed E-state index contributed by atoms with van der Waals surface area (Å²) in [5.74, 6) is -0.170. The number of aliphatic hydroxyl groups is 1. The van der Waals surface area contributed by atoms with Crippen molar-refractivity contribution < 1.29 is 37.5 Å². The summed E-state index contributed by atoms with van der Waals surface area (Å²) in [6, 6.07) is 7.74. The number of fused-ring (bicyclic) bond motifs is 1. The monoisotopic (exact) mass is 598 g/mol. The van der Waals surface area contributed by atoms with Crippen molar-refractivity contribution in [2.45, 2.75) is 63.9 Å². The van der Waals surface area contributed by atoms with E-state index in [-0.39, 0.29) is 35.7 Å². The maximum atomic E-state index is 16.0. The van der Waals surface area contributed by atoms with Crippen LogP contribution in [-0.4, -0.2) is 74.3 Å². The second-order valence-electron chi connectivity index (χ2n) is 9.57. The normalized spacial score (nSPS) is 25.1. The van der Waals surface area contributed by atoms with E-state index in [1.165, 1.54) is 24.9 Å². The van der Waals surface area contributed by atoms with Crippen molar-refractivity contribution in [1.29, 1.82) is 0 Å². The molecule has 1 aliphatic heterocycles. The number of nitrogens with one attached hydrogen (secondary N) is 1. The van der Waals surface area contributed by atoms with Gasteiger partial charge < -0.3 is 34.1 Å². The lowest BCUT2D eigenvalue weighted by molar-refractivity contribution is -0.149. The molecule has 1 unspecified atom stereocenters. The van der Waals surface area contributed by atoms with Crippen LogP contribution in [0.2, 0.25) is 0 Å². The predicted octanol–water partition coefficient (Wildman–Crippen LogP) is 2.65. The maximum Gasteiger partial charge on any atom is 0.323 e. The van der Waals surface area contributed by atoms with Gasteiger partial charge in [0.25, 0.3) is 0 Å². The molecule has 3 heterocycles. The number of aromatic nitrogens is 4. The first-order valence-electron chi connectivity index (χ1n) is 12.4. The molecule has 218 valence electrons. The van der Waals surface area contributed by atoms with Gasteiger partial charge in [0.1, 0.15) is 24.0 Å². The molecule has 4 rings (SSSR count). The highest BCUT2D eigenvalue weighted by molar-refractivity contribution is 8.09. The molecule has 16 heteroatoms. The highest BCUT2D eigenvalue weighted by atomic mass is 32.5. The third kappa shape index (κ3) is 6.35. The summed E-state index contributed by atoms with van der Waals surface area (Å²) in [6.45, 7) is 2.37. The quantitative estimate of drug-likeness (QED) is 0.218. The Labute approximate surface area is 235 Å². The van der Waals surface area contributed by atoms with Gasteiger partial charge in [0.15, 0.2) is 23.1 Å². The number of nitrogen functional groups attached to an aromatic ring is 1. The molecule has 0 aliphatic carbocycles. The molecule has 1 fully saturated rings. The molecule has 6 atom stereocenters. The highest BCUT2D eigenvalue weighted by Crippen LogP contribution is 2.48. The summed E-state index contributed by atoms with van der Waals surface area (Å²) in [5, 5.41) is 13.8. The van der Waals surface area contributed by atoms with Crippen molar-refractivity contribution >= 4 is 41.5 Å². The zero-order valence-corrected chi connectivity index (χ0v) is 24.3. The number of alkyl halides is 1. The van der Waals surface area contributed by atoms with Crippen LogP contribution in [0.1, 0.15) is 33.9 Å². The molecule has 3 aromatic rings. The lowest BCUT2D eigenvalue weighted by atomic mass is 9.98. The van der Waals surface area contributed by atoms with Gasteiger partial charge in [-0.25, -0.2) is 14.5 Å². The summed E-state index contributed by atoms with van der Waals surface area (Å²) >= 11 is 5.69. The first-order chi connectivity index (χ1) is 18.8. The third-order valence-corrected chi connectivity index (χ3v) is 8.50. The summed E-state index contributed by atoms with van der Waals surface area (Å²) in [7, 11) is 1.39. The smallest absolute Gasteiger partial charge is 0.323 e. The van der Waals surface area contributed by atoms with Gasteiger partial charge in [-0.2, -0.15) is 9.97 Å². The van der Waals surface area contributed by atoms with E-state index in [2.05, 4.69) is 20.0 Å². The van der Waals surface area contributed by atoms with E-state index in [0.29, 0.717) is 5.75 Å². The number of imidazole rings is 1. The van der Waals surface area contributed by atoms with Crippen LogP contribution in [0.25, 0.3) is 11.2 Å². The Bertz CT molecular complexity index is 1390. The number of carbonyl (C=O) groups is 1. The molecule has 2 aromatic heterocycles. The lowest BCUT2D eigenvalue weighted by Gasteiger charge is -2.28. The molecule has 0 radical (unpaired) electrons. The molecular formula is C24H32FN6O7PS. The zero-order valence-electron chi connectivity index (χ0n) is 22.6. The Balaban J connectivity index is 1.56. The van der Waals surface area contributed by atoms with E-state index in [4.69, 9.17) is 40.8 Å². The largest absolute Gasteiger partial charge is 0.479 e. The molecule has 0 bridgehead atoms. The Kier molecular flexibility index (Phi) is 8.93. The molecule has 13 nitrogen and oxygen atoms in total. The fraction of sp³-hybridized carbons (Fsp3) is 0.500. The number of nitrogens with two attached hydrogens (primary N) is 1. The van der Waals surface area contributed by atoms with Crippen LogP contribution in [0.4, 0.5) is 10.3 Å². The minimum Gasteiger partial charge on any atom is -0.479 e. The second kappa shape index (κ2) is 11.9. The highest BCUT2D eigenvalue weighted by Gasteiger charge is 2.56. The van der Waals surface area contributed by atoms with Gasteiger partial charge in [-0.05, 0) is 51.6 Å². The van der Waals surface area contributed by atoms with Gasteiger partial charge in [-0.1, -0.05) is 18.2 Å². The number of rotatable bonds is 11. The summed E-state index contributed by atoms with van der Waals surface area (Å²) < 4.78 is 45.6. The van der Waals surface area contributed by atoms with Crippen LogP contribution < -0.4 is 20.1 Å². The van der Waals surface area contributed by atoms with Crippen molar-refractivity contribution in [2.24, 2.45) is 0 Å². The second-order valence-corrected chi connectivity index (χ2v) is 12.7. The third-order valence-electron chi connectivity index (χ3n) is 6.00. The number of hydrogen-bond donors (Lipinski definition) is 3. The number of nitrogens with zero attached hydrogens (tertiary/aromatic N) is 4. The van der Waals surface area contributed by atoms with Crippen molar-refractivity contribution in [3.8, 4) is 11.6 Å². The van der Waals surface area contributed by atoms with E-state index >= 15 is 4.39 Å². The molecule has 40 heavy (non-hydrogen) atoms. The molecule has 0 amide bonds. The van der Waals surface area contributed by atoms with E-state index in [9.17, 15) is 9.90 Å². The molecule has 1 aromatic carbocycles. The molecule has 1 saturated heterocycles. The van der Waals surface area contributed by atoms with Crippen molar-refractivity contribution in [3.05, 3.63) is 36.7 Å². The maximum absolute atomic E-state index is 16.0. The van der Waals surface area contributed by atoms with Crippen LogP contribution in [-0.2, 0) is 30.6 Å². The van der Waals surface area contributed by atoms with E-state index in [1.54, 1.807) is 51.1 Å². The first-order valence-corrected chi connectivity index (χ1v) is 15.0. The molecule has 1 aliphatic rings. The number of ether oxygens (including phenoxy) is 3. The fourth-order valence-corrected chi connectivity index (χ4v) is 6.49. The van der Waals surface area contributed by atoms with Crippen LogP contribution in [0.5, 0.6) is 11.6 Å². The van der Waals surface area contributed by atoms with Gasteiger partial charge in [0, 0.05) is 0 Å². The number of methoxy groups -OCH3 is 1. The topological polar surface area (TPSA) is 165 Å². The van der Waals surface area contributed by atoms with Crippen LogP contribution in [0.3, 0.4) is 0 Å².